The summed E-state index contributed by atoms with van der Waals surface area (Å²) in [6.45, 7) is 8.67. The van der Waals surface area contributed by atoms with Crippen molar-refractivity contribution in [3.8, 4) is 0 Å². The highest BCUT2D eigenvalue weighted by Crippen LogP contribution is 2.24. The monoisotopic (exact) mass is 426 g/mol. The Balaban J connectivity index is 2.23. The van der Waals surface area contributed by atoms with Gasteiger partial charge in [-0.15, -0.1) is 0 Å². The molecule has 0 heterocycles. The highest BCUT2D eigenvalue weighted by atomic mass is 32.2. The van der Waals surface area contributed by atoms with Crippen molar-refractivity contribution in [2.45, 2.75) is 56.6 Å². The second-order valence-electron chi connectivity index (χ2n) is 7.14. The maximum absolute atomic E-state index is 12.6. The predicted molar refractivity (Wildman–Crippen MR) is 107 cm³/mol. The van der Waals surface area contributed by atoms with Gasteiger partial charge >= 0.3 is 0 Å². The first kappa shape index (κ1) is 22.5. The average molecular weight is 427 g/mol. The van der Waals surface area contributed by atoms with E-state index in [4.69, 9.17) is 8.37 Å². The molecule has 28 heavy (non-hydrogen) atoms. The molecule has 2 rings (SSSR count). The third-order valence-electron chi connectivity index (χ3n) is 4.26. The third-order valence-corrected chi connectivity index (χ3v) is 6.99. The van der Waals surface area contributed by atoms with Gasteiger partial charge in [0.1, 0.15) is 12.2 Å². The zero-order chi connectivity index (χ0) is 21.1. The fourth-order valence-electron chi connectivity index (χ4n) is 2.65. The van der Waals surface area contributed by atoms with Crippen molar-refractivity contribution in [3.63, 3.8) is 0 Å². The van der Waals surface area contributed by atoms with E-state index < -0.39 is 32.4 Å². The Morgan fingerprint density at radius 1 is 0.643 bits per heavy atom. The molecule has 0 aromatic heterocycles. The quantitative estimate of drug-likeness (QED) is 0.596. The van der Waals surface area contributed by atoms with Crippen LogP contribution < -0.4 is 0 Å². The van der Waals surface area contributed by atoms with E-state index in [2.05, 4.69) is 0 Å². The number of hydrogen-bond acceptors (Lipinski definition) is 6. The van der Waals surface area contributed by atoms with Crippen molar-refractivity contribution in [1.29, 1.82) is 0 Å². The Hall–Kier alpha value is -1.74. The molecular weight excluding hydrogens is 400 g/mol. The number of aryl methyl sites for hydroxylation is 2. The molecule has 0 saturated heterocycles. The van der Waals surface area contributed by atoms with Crippen LogP contribution in [0.3, 0.4) is 0 Å². The summed E-state index contributed by atoms with van der Waals surface area (Å²) in [7, 11) is -8.12. The minimum Gasteiger partial charge on any atom is -0.261 e. The molecule has 0 saturated carbocycles. The fourth-order valence-corrected chi connectivity index (χ4v) is 4.99. The van der Waals surface area contributed by atoms with Gasteiger partial charge in [-0.1, -0.05) is 49.2 Å². The summed E-state index contributed by atoms with van der Waals surface area (Å²) in [5.41, 5.74) is 1.83. The average Bonchev–Trinajstić information content (AvgIpc) is 2.59. The lowest BCUT2D eigenvalue weighted by Crippen LogP contribution is -2.37. The summed E-state index contributed by atoms with van der Waals surface area (Å²) in [6, 6.07) is 12.5. The second-order valence-corrected chi connectivity index (χ2v) is 10.3. The first-order chi connectivity index (χ1) is 12.9. The van der Waals surface area contributed by atoms with Gasteiger partial charge in [0.25, 0.3) is 20.2 Å². The maximum atomic E-state index is 12.6. The summed E-state index contributed by atoms with van der Waals surface area (Å²) >= 11 is 0. The Bertz CT molecular complexity index is 992. The first-order valence-corrected chi connectivity index (χ1v) is 11.7. The number of benzene rings is 2. The van der Waals surface area contributed by atoms with E-state index in [-0.39, 0.29) is 15.7 Å². The summed E-state index contributed by atoms with van der Waals surface area (Å²) in [5.74, 6) is -0.302. The van der Waals surface area contributed by atoms with Gasteiger partial charge in [-0.2, -0.15) is 16.8 Å². The highest BCUT2D eigenvalue weighted by molar-refractivity contribution is 7.87. The summed E-state index contributed by atoms with van der Waals surface area (Å²) in [5, 5.41) is 0. The lowest BCUT2D eigenvalue weighted by atomic mass is 10.0. The summed E-state index contributed by atoms with van der Waals surface area (Å²) in [6.07, 6.45) is -1.99. The zero-order valence-electron chi connectivity index (χ0n) is 16.6. The Morgan fingerprint density at radius 3 is 1.36 bits per heavy atom. The van der Waals surface area contributed by atoms with E-state index in [1.165, 1.54) is 31.2 Å². The van der Waals surface area contributed by atoms with Gasteiger partial charge in [0.2, 0.25) is 0 Å². The molecular formula is C20H26O6S2. The summed E-state index contributed by atoms with van der Waals surface area (Å²) < 4.78 is 60.9. The van der Waals surface area contributed by atoms with Crippen LogP contribution in [-0.2, 0) is 28.6 Å². The van der Waals surface area contributed by atoms with Crippen molar-refractivity contribution in [1.82, 2.24) is 0 Å². The zero-order valence-corrected chi connectivity index (χ0v) is 18.2. The molecule has 8 heteroatoms. The van der Waals surface area contributed by atoms with Gasteiger partial charge in [-0.3, -0.25) is 8.37 Å². The molecule has 0 spiro atoms. The Kier molecular flexibility index (Phi) is 7.03. The number of rotatable bonds is 8. The maximum Gasteiger partial charge on any atom is 0.297 e. The lowest BCUT2D eigenvalue weighted by molar-refractivity contribution is 0.0435. The molecule has 2 unspecified atom stereocenters. The first-order valence-electron chi connectivity index (χ1n) is 8.92. The van der Waals surface area contributed by atoms with Crippen molar-refractivity contribution in [2.24, 2.45) is 5.92 Å². The number of hydrogen-bond donors (Lipinski definition) is 0. The van der Waals surface area contributed by atoms with Crippen LogP contribution in [0.4, 0.5) is 0 Å². The van der Waals surface area contributed by atoms with Crippen molar-refractivity contribution < 1.29 is 25.2 Å². The van der Waals surface area contributed by atoms with Gasteiger partial charge in [0.15, 0.2) is 0 Å². The van der Waals surface area contributed by atoms with Crippen LogP contribution in [0, 0.1) is 19.8 Å². The van der Waals surface area contributed by atoms with E-state index in [1.54, 1.807) is 38.1 Å². The van der Waals surface area contributed by atoms with E-state index in [9.17, 15) is 16.8 Å². The molecule has 154 valence electrons. The highest BCUT2D eigenvalue weighted by Gasteiger charge is 2.33. The van der Waals surface area contributed by atoms with Crippen LogP contribution in [-0.4, -0.2) is 29.0 Å². The molecule has 6 nitrogen and oxygen atoms in total. The van der Waals surface area contributed by atoms with Crippen LogP contribution in [0.5, 0.6) is 0 Å². The van der Waals surface area contributed by atoms with Crippen LogP contribution in [0.25, 0.3) is 0 Å². The van der Waals surface area contributed by atoms with Gasteiger partial charge < -0.3 is 0 Å². The molecule has 2 atom stereocenters. The third kappa shape index (κ3) is 5.64. The molecule has 2 aromatic rings. The lowest BCUT2D eigenvalue weighted by Gasteiger charge is -2.26. The van der Waals surface area contributed by atoms with Crippen molar-refractivity contribution >= 4 is 20.2 Å². The molecule has 0 aliphatic heterocycles. The van der Waals surface area contributed by atoms with Crippen molar-refractivity contribution in [2.75, 3.05) is 0 Å². The topological polar surface area (TPSA) is 86.7 Å². The molecule has 0 amide bonds. The normalized spacial score (nSPS) is 14.8. The van der Waals surface area contributed by atoms with E-state index in [1.807, 2.05) is 13.8 Å². The minimum absolute atomic E-state index is 0.00819. The molecule has 0 aliphatic carbocycles. The SMILES string of the molecule is Cc1ccc(S(=O)(=O)OC(C)C(OS(=O)(=O)c2ccc(C)cc2)C(C)C)cc1. The summed E-state index contributed by atoms with van der Waals surface area (Å²) in [4.78, 5) is 0.0196. The molecule has 2 aromatic carbocycles. The minimum atomic E-state index is -4.07. The molecule has 0 fully saturated rings. The largest absolute Gasteiger partial charge is 0.297 e. The predicted octanol–water partition coefficient (Wildman–Crippen LogP) is 3.83. The fraction of sp³-hybridized carbons (Fsp3) is 0.400. The van der Waals surface area contributed by atoms with Crippen LogP contribution in [0.2, 0.25) is 0 Å². The van der Waals surface area contributed by atoms with Crippen molar-refractivity contribution in [3.05, 3.63) is 59.7 Å². The second kappa shape index (κ2) is 8.73. The Labute approximate surface area is 167 Å². The Morgan fingerprint density at radius 2 is 1.00 bits per heavy atom. The van der Waals surface area contributed by atoms with Gasteiger partial charge in [0.05, 0.1) is 9.79 Å². The van der Waals surface area contributed by atoms with E-state index >= 15 is 0 Å². The standard InChI is InChI=1S/C20H26O6S2/c1-14(2)20(26-28(23,24)19-12-8-16(4)9-13-19)17(5)25-27(21,22)18-10-6-15(3)7-11-18/h6-14,17,20H,1-5H3. The smallest absolute Gasteiger partial charge is 0.261 e. The molecule has 0 aliphatic rings. The molecule has 0 bridgehead atoms. The van der Waals surface area contributed by atoms with E-state index in [0.717, 1.165) is 11.1 Å². The van der Waals surface area contributed by atoms with Crippen LogP contribution in [0.1, 0.15) is 31.9 Å². The van der Waals surface area contributed by atoms with Gasteiger partial charge in [-0.25, -0.2) is 0 Å². The van der Waals surface area contributed by atoms with E-state index in [0.29, 0.717) is 0 Å². The van der Waals surface area contributed by atoms with Gasteiger partial charge in [-0.05, 0) is 51.0 Å². The molecule has 0 N–H and O–H groups in total. The molecule has 0 radical (unpaired) electrons. The van der Waals surface area contributed by atoms with Gasteiger partial charge in [0, 0.05) is 0 Å². The van der Waals surface area contributed by atoms with Crippen LogP contribution in [0.15, 0.2) is 58.3 Å². The van der Waals surface area contributed by atoms with Crippen LogP contribution >= 0.6 is 0 Å².